The van der Waals surface area contributed by atoms with Crippen molar-refractivity contribution in [3.63, 3.8) is 0 Å². The van der Waals surface area contributed by atoms with Crippen LogP contribution in [0, 0.1) is 5.92 Å². The van der Waals surface area contributed by atoms with Gasteiger partial charge in [-0.2, -0.15) is 0 Å². The number of hydrogen-bond acceptors (Lipinski definition) is 4. The minimum atomic E-state index is -1.66. The fraction of sp³-hybridized carbons (Fsp3) is 0.417. The average molecular weight is 410 g/mol. The lowest BCUT2D eigenvalue weighted by molar-refractivity contribution is -0.173. The highest BCUT2D eigenvalue weighted by atomic mass is 16.6. The van der Waals surface area contributed by atoms with Crippen molar-refractivity contribution in [3.8, 4) is 0 Å². The second-order valence-electron chi connectivity index (χ2n) is 8.25. The summed E-state index contributed by atoms with van der Waals surface area (Å²) in [6.07, 6.45) is 0.623. The van der Waals surface area contributed by atoms with Gasteiger partial charge in [0.05, 0.1) is 13.1 Å². The van der Waals surface area contributed by atoms with E-state index in [2.05, 4.69) is 4.99 Å². The minimum absolute atomic E-state index is 0.128. The van der Waals surface area contributed by atoms with Crippen molar-refractivity contribution in [2.75, 3.05) is 13.1 Å². The predicted octanol–water partition coefficient (Wildman–Crippen LogP) is 3.05. The maximum Gasteiger partial charge on any atom is 0.343 e. The molecule has 1 unspecified atom stereocenters. The van der Waals surface area contributed by atoms with E-state index in [1.54, 1.807) is 12.1 Å². The Balaban J connectivity index is 1.62. The van der Waals surface area contributed by atoms with Gasteiger partial charge in [0, 0.05) is 13.0 Å². The first-order valence-corrected chi connectivity index (χ1v) is 10.5. The minimum Gasteiger partial charge on any atom is -0.458 e. The summed E-state index contributed by atoms with van der Waals surface area (Å²) in [5.74, 6) is -0.0319. The van der Waals surface area contributed by atoms with E-state index in [-0.39, 0.29) is 12.0 Å². The van der Waals surface area contributed by atoms with Gasteiger partial charge in [-0.3, -0.25) is 0 Å². The smallest absolute Gasteiger partial charge is 0.343 e. The fourth-order valence-electron chi connectivity index (χ4n) is 3.76. The van der Waals surface area contributed by atoms with Gasteiger partial charge in [0.2, 0.25) is 0 Å². The molecule has 0 saturated carbocycles. The molecule has 0 spiro atoms. The molecule has 0 radical (unpaired) electrons. The summed E-state index contributed by atoms with van der Waals surface area (Å²) in [5, 5.41) is 11.2. The molecule has 0 bridgehead atoms. The Labute approximate surface area is 178 Å². The van der Waals surface area contributed by atoms with E-state index in [1.807, 2.05) is 67.3 Å². The lowest BCUT2D eigenvalue weighted by Gasteiger charge is -2.29. The van der Waals surface area contributed by atoms with Crippen LogP contribution in [0.4, 0.5) is 0 Å². The van der Waals surface area contributed by atoms with Crippen molar-refractivity contribution >= 4 is 11.9 Å². The molecule has 6 nitrogen and oxygen atoms in total. The lowest BCUT2D eigenvalue weighted by atomic mass is 9.85. The summed E-state index contributed by atoms with van der Waals surface area (Å²) in [7, 11) is 0. The summed E-state index contributed by atoms with van der Waals surface area (Å²) in [4.78, 5) is 19.4. The molecule has 30 heavy (non-hydrogen) atoms. The topological polar surface area (TPSA) is 88.2 Å². The van der Waals surface area contributed by atoms with Crippen LogP contribution < -0.4 is 5.73 Å². The van der Waals surface area contributed by atoms with Gasteiger partial charge in [-0.25, -0.2) is 9.79 Å². The molecule has 1 heterocycles. The summed E-state index contributed by atoms with van der Waals surface area (Å²) in [6, 6.07) is 18.9. The molecule has 0 aliphatic carbocycles. The van der Waals surface area contributed by atoms with Crippen LogP contribution in [0.5, 0.6) is 0 Å². The van der Waals surface area contributed by atoms with Crippen molar-refractivity contribution in [1.82, 2.24) is 4.90 Å². The number of nitrogens with two attached hydrogens (primary N) is 1. The Morgan fingerprint density at radius 2 is 1.83 bits per heavy atom. The number of benzene rings is 2. The van der Waals surface area contributed by atoms with Crippen LogP contribution >= 0.6 is 0 Å². The number of likely N-dealkylation sites (tertiary alicyclic amines) is 1. The van der Waals surface area contributed by atoms with E-state index < -0.39 is 11.6 Å². The molecule has 160 valence electrons. The summed E-state index contributed by atoms with van der Waals surface area (Å²) >= 11 is 0. The summed E-state index contributed by atoms with van der Waals surface area (Å²) < 4.78 is 5.73. The third-order valence-electron chi connectivity index (χ3n) is 5.30. The molecule has 6 heteroatoms. The van der Waals surface area contributed by atoms with E-state index in [9.17, 15) is 9.90 Å². The number of ether oxygens (including phenoxy) is 1. The number of rotatable bonds is 7. The molecular formula is C24H31N3O3. The van der Waals surface area contributed by atoms with Crippen LogP contribution in [0.25, 0.3) is 0 Å². The Kier molecular flexibility index (Phi) is 7.11. The van der Waals surface area contributed by atoms with Crippen LogP contribution in [0.3, 0.4) is 0 Å². The SMILES string of the molecule is CC(C)CC(O)(C(=O)O[C@@H]1CCN(C(N)=NCc2ccccc2)C1)c1ccccc1. The van der Waals surface area contributed by atoms with Gasteiger partial charge in [0.15, 0.2) is 11.6 Å². The molecule has 2 atom stereocenters. The molecule has 1 fully saturated rings. The maximum atomic E-state index is 13.0. The largest absolute Gasteiger partial charge is 0.458 e. The maximum absolute atomic E-state index is 13.0. The first kappa shape index (κ1) is 21.8. The van der Waals surface area contributed by atoms with Gasteiger partial charge in [-0.05, 0) is 23.5 Å². The number of aliphatic imine (C=N–C) groups is 1. The zero-order chi connectivity index (χ0) is 21.6. The van der Waals surface area contributed by atoms with Crippen LogP contribution in [0.2, 0.25) is 0 Å². The number of aliphatic hydroxyl groups is 1. The number of carbonyl (C=O) groups is 1. The Morgan fingerprint density at radius 3 is 2.47 bits per heavy atom. The first-order valence-electron chi connectivity index (χ1n) is 10.5. The number of nitrogens with zero attached hydrogens (tertiary/aromatic N) is 2. The van der Waals surface area contributed by atoms with Crippen molar-refractivity contribution in [3.05, 3.63) is 71.8 Å². The van der Waals surface area contributed by atoms with Crippen LogP contribution in [-0.4, -0.2) is 41.1 Å². The second kappa shape index (κ2) is 9.76. The van der Waals surface area contributed by atoms with Crippen LogP contribution in [-0.2, 0) is 21.7 Å². The number of esters is 1. The van der Waals surface area contributed by atoms with Gasteiger partial charge >= 0.3 is 5.97 Å². The zero-order valence-electron chi connectivity index (χ0n) is 17.7. The van der Waals surface area contributed by atoms with E-state index >= 15 is 0 Å². The van der Waals surface area contributed by atoms with Gasteiger partial charge in [0.25, 0.3) is 0 Å². The Bertz CT molecular complexity index is 855. The Hall–Kier alpha value is -2.86. The molecule has 3 rings (SSSR count). The fourth-order valence-corrected chi connectivity index (χ4v) is 3.76. The standard InChI is InChI=1S/C24H31N3O3/c1-18(2)15-24(29,20-11-7-4-8-12-20)22(28)30-21-13-14-27(17-21)23(25)26-16-19-9-5-3-6-10-19/h3-12,18,21,29H,13-17H2,1-2H3,(H2,25,26)/t21-,24?/m1/s1. The number of carbonyl (C=O) groups excluding carboxylic acids is 1. The highest BCUT2D eigenvalue weighted by molar-refractivity contribution is 5.81. The second-order valence-corrected chi connectivity index (χ2v) is 8.25. The van der Waals surface area contributed by atoms with Crippen molar-refractivity contribution in [1.29, 1.82) is 0 Å². The zero-order valence-corrected chi connectivity index (χ0v) is 17.7. The van der Waals surface area contributed by atoms with E-state index in [0.29, 0.717) is 44.0 Å². The van der Waals surface area contributed by atoms with Gasteiger partial charge < -0.3 is 20.5 Å². The van der Waals surface area contributed by atoms with Gasteiger partial charge in [0.1, 0.15) is 6.10 Å². The van der Waals surface area contributed by atoms with Crippen LogP contribution in [0.15, 0.2) is 65.7 Å². The third kappa shape index (κ3) is 5.39. The molecule has 1 saturated heterocycles. The van der Waals surface area contributed by atoms with Crippen LogP contribution in [0.1, 0.15) is 37.8 Å². The third-order valence-corrected chi connectivity index (χ3v) is 5.30. The van der Waals surface area contributed by atoms with Crippen molar-refractivity contribution < 1.29 is 14.6 Å². The molecule has 2 aromatic carbocycles. The molecule has 1 aliphatic rings. The number of hydrogen-bond donors (Lipinski definition) is 2. The molecular weight excluding hydrogens is 378 g/mol. The van der Waals surface area contributed by atoms with Crippen molar-refractivity contribution in [2.24, 2.45) is 16.6 Å². The van der Waals surface area contributed by atoms with E-state index in [1.165, 1.54) is 0 Å². The predicted molar refractivity (Wildman–Crippen MR) is 118 cm³/mol. The average Bonchev–Trinajstić information content (AvgIpc) is 3.21. The molecule has 3 N–H and O–H groups in total. The molecule has 1 aliphatic heterocycles. The van der Waals surface area contributed by atoms with Crippen molar-refractivity contribution in [2.45, 2.75) is 44.9 Å². The monoisotopic (exact) mass is 409 g/mol. The lowest BCUT2D eigenvalue weighted by Crippen LogP contribution is -2.42. The first-order chi connectivity index (χ1) is 14.4. The summed E-state index contributed by atoms with van der Waals surface area (Å²) in [6.45, 7) is 5.60. The van der Waals surface area contributed by atoms with E-state index in [0.717, 1.165) is 5.56 Å². The van der Waals surface area contributed by atoms with E-state index in [4.69, 9.17) is 10.5 Å². The number of guanidine groups is 1. The van der Waals surface area contributed by atoms with Gasteiger partial charge in [-0.1, -0.05) is 74.5 Å². The Morgan fingerprint density at radius 1 is 1.20 bits per heavy atom. The highest BCUT2D eigenvalue weighted by Gasteiger charge is 2.42. The normalized spacial score (nSPS) is 19.0. The summed E-state index contributed by atoms with van der Waals surface area (Å²) in [5.41, 5.74) is 6.14. The molecule has 0 aromatic heterocycles. The van der Waals surface area contributed by atoms with Gasteiger partial charge in [-0.15, -0.1) is 0 Å². The molecule has 2 aromatic rings. The quantitative estimate of drug-likeness (QED) is 0.417. The highest BCUT2D eigenvalue weighted by Crippen LogP contribution is 2.31. The molecule has 0 amide bonds.